The molecule has 0 aliphatic carbocycles. The number of hydrogen-bond acceptors (Lipinski definition) is 4. The van der Waals surface area contributed by atoms with E-state index >= 15 is 0 Å². The maximum absolute atomic E-state index is 9.22. The van der Waals surface area contributed by atoms with Gasteiger partial charge in [0, 0.05) is 11.8 Å². The van der Waals surface area contributed by atoms with Crippen molar-refractivity contribution in [3.63, 3.8) is 0 Å². The van der Waals surface area contributed by atoms with Crippen LogP contribution in [0, 0.1) is 11.3 Å². The van der Waals surface area contributed by atoms with E-state index in [0.717, 1.165) is 17.5 Å². The maximum Gasteiger partial charge on any atom is 0.166 e. The third-order valence-corrected chi connectivity index (χ3v) is 3.38. The molecule has 2 N–H and O–H groups in total. The summed E-state index contributed by atoms with van der Waals surface area (Å²) in [6.07, 6.45) is 2.81. The van der Waals surface area contributed by atoms with Gasteiger partial charge in [-0.15, -0.1) is 0 Å². The molecule has 0 unspecified atom stereocenters. The number of hydrogen-bond donors (Lipinski definition) is 1. The summed E-state index contributed by atoms with van der Waals surface area (Å²) in [5.74, 6) is 1.37. The van der Waals surface area contributed by atoms with Gasteiger partial charge in [-0.2, -0.15) is 5.26 Å². The minimum Gasteiger partial charge on any atom is -0.491 e. The second-order valence-electron chi connectivity index (χ2n) is 4.95. The van der Waals surface area contributed by atoms with Crippen molar-refractivity contribution in [2.75, 3.05) is 12.3 Å². The minimum atomic E-state index is 0.403. The van der Waals surface area contributed by atoms with E-state index in [2.05, 4.69) is 11.1 Å². The Hall–Kier alpha value is -3.00. The first-order chi connectivity index (χ1) is 10.7. The third-order valence-electron chi connectivity index (χ3n) is 3.38. The second kappa shape index (κ2) is 5.78. The number of ether oxygens (including phenoxy) is 1. The average molecular weight is 292 g/mol. The first-order valence-electron chi connectivity index (χ1n) is 7.14. The largest absolute Gasteiger partial charge is 0.491 e. The molecule has 0 spiro atoms. The Labute approximate surface area is 128 Å². The van der Waals surface area contributed by atoms with E-state index in [1.54, 1.807) is 0 Å². The number of nitriles is 1. The van der Waals surface area contributed by atoms with Gasteiger partial charge in [-0.3, -0.25) is 4.40 Å². The summed E-state index contributed by atoms with van der Waals surface area (Å²) in [5.41, 5.74) is 8.66. The van der Waals surface area contributed by atoms with Gasteiger partial charge in [-0.25, -0.2) is 4.98 Å². The van der Waals surface area contributed by atoms with Gasteiger partial charge in [0.25, 0.3) is 0 Å². The van der Waals surface area contributed by atoms with E-state index in [0.29, 0.717) is 29.6 Å². The van der Waals surface area contributed by atoms with Crippen LogP contribution in [0.5, 0.6) is 5.75 Å². The van der Waals surface area contributed by atoms with E-state index in [9.17, 15) is 5.26 Å². The molecular weight excluding hydrogens is 276 g/mol. The number of aromatic nitrogens is 2. The van der Waals surface area contributed by atoms with E-state index in [1.165, 1.54) is 0 Å². The quantitative estimate of drug-likeness (QED) is 0.749. The molecule has 22 heavy (non-hydrogen) atoms. The van der Waals surface area contributed by atoms with Crippen LogP contribution in [-0.2, 0) is 0 Å². The van der Waals surface area contributed by atoms with Gasteiger partial charge in [0.15, 0.2) is 5.69 Å². The molecule has 0 bridgehead atoms. The van der Waals surface area contributed by atoms with E-state index < -0.39 is 0 Å². The van der Waals surface area contributed by atoms with Crippen LogP contribution in [0.25, 0.3) is 16.9 Å². The molecule has 3 aromatic rings. The summed E-state index contributed by atoms with van der Waals surface area (Å²) in [6.45, 7) is 2.68. The highest BCUT2D eigenvalue weighted by atomic mass is 16.5. The minimum absolute atomic E-state index is 0.403. The molecule has 0 fully saturated rings. The Bertz CT molecular complexity index is 861. The molecule has 5 heteroatoms. The van der Waals surface area contributed by atoms with Crippen molar-refractivity contribution in [2.45, 2.75) is 13.3 Å². The fourth-order valence-electron chi connectivity index (χ4n) is 2.35. The lowest BCUT2D eigenvalue weighted by Gasteiger charge is -2.09. The molecule has 0 aliphatic heterocycles. The molecule has 0 radical (unpaired) electrons. The molecule has 1 aromatic carbocycles. The van der Waals surface area contributed by atoms with Crippen molar-refractivity contribution in [2.24, 2.45) is 0 Å². The highest BCUT2D eigenvalue weighted by molar-refractivity contribution is 5.72. The number of nitrogens with zero attached hydrogens (tertiary/aromatic N) is 3. The van der Waals surface area contributed by atoms with Crippen LogP contribution in [0.4, 0.5) is 5.69 Å². The number of rotatable bonds is 4. The van der Waals surface area contributed by atoms with E-state index in [4.69, 9.17) is 10.5 Å². The van der Waals surface area contributed by atoms with Gasteiger partial charge in [-0.05, 0) is 36.8 Å². The standard InChI is InChI=1S/C17H16N4O/c1-2-9-22-16-7-6-12(10-13(16)19)17-20-14(11-18)15-5-3-4-8-21(15)17/h3-8,10H,2,9,19H2,1H3. The molecule has 0 saturated heterocycles. The molecule has 0 saturated carbocycles. The lowest BCUT2D eigenvalue weighted by Crippen LogP contribution is -1.99. The fourth-order valence-corrected chi connectivity index (χ4v) is 2.35. The predicted octanol–water partition coefficient (Wildman–Crippen LogP) is 3.24. The molecule has 0 aliphatic rings. The smallest absolute Gasteiger partial charge is 0.166 e. The number of nitrogens with two attached hydrogens (primary N) is 1. The van der Waals surface area contributed by atoms with E-state index in [1.807, 2.05) is 53.9 Å². The lowest BCUT2D eigenvalue weighted by molar-refractivity contribution is 0.319. The number of imidazole rings is 1. The third kappa shape index (κ3) is 2.35. The predicted molar refractivity (Wildman–Crippen MR) is 85.5 cm³/mol. The second-order valence-corrected chi connectivity index (χ2v) is 4.95. The van der Waals surface area contributed by atoms with Crippen molar-refractivity contribution in [3.8, 4) is 23.2 Å². The highest BCUT2D eigenvalue weighted by Crippen LogP contribution is 2.29. The zero-order valence-corrected chi connectivity index (χ0v) is 12.3. The van der Waals surface area contributed by atoms with Crippen molar-refractivity contribution in [3.05, 3.63) is 48.3 Å². The first kappa shape index (κ1) is 14.0. The normalized spacial score (nSPS) is 10.5. The van der Waals surface area contributed by atoms with Crippen molar-refractivity contribution in [1.82, 2.24) is 9.38 Å². The monoisotopic (exact) mass is 292 g/mol. The molecule has 2 heterocycles. The van der Waals surface area contributed by atoms with Gasteiger partial charge < -0.3 is 10.5 Å². The van der Waals surface area contributed by atoms with E-state index in [-0.39, 0.29) is 0 Å². The van der Waals surface area contributed by atoms with Crippen LogP contribution in [-0.4, -0.2) is 16.0 Å². The Balaban J connectivity index is 2.09. The van der Waals surface area contributed by atoms with Crippen LogP contribution in [0.2, 0.25) is 0 Å². The Morgan fingerprint density at radius 2 is 2.18 bits per heavy atom. The van der Waals surface area contributed by atoms with Crippen LogP contribution in [0.1, 0.15) is 19.0 Å². The van der Waals surface area contributed by atoms with Crippen molar-refractivity contribution in [1.29, 1.82) is 5.26 Å². The van der Waals surface area contributed by atoms with Gasteiger partial charge in [-0.1, -0.05) is 13.0 Å². The summed E-state index contributed by atoms with van der Waals surface area (Å²) in [7, 11) is 0. The van der Waals surface area contributed by atoms with Crippen LogP contribution in [0.3, 0.4) is 0 Å². The molecular formula is C17H16N4O. The summed E-state index contributed by atoms with van der Waals surface area (Å²) in [6, 6.07) is 13.4. The lowest BCUT2D eigenvalue weighted by atomic mass is 10.1. The Morgan fingerprint density at radius 3 is 2.91 bits per heavy atom. The van der Waals surface area contributed by atoms with Gasteiger partial charge >= 0.3 is 0 Å². The molecule has 110 valence electrons. The first-order valence-corrected chi connectivity index (χ1v) is 7.14. The number of benzene rings is 1. The summed E-state index contributed by atoms with van der Waals surface area (Å²) in [4.78, 5) is 4.42. The van der Waals surface area contributed by atoms with Crippen LogP contribution in [0.15, 0.2) is 42.6 Å². The van der Waals surface area contributed by atoms with Gasteiger partial charge in [0.2, 0.25) is 0 Å². The summed E-state index contributed by atoms with van der Waals surface area (Å²) >= 11 is 0. The SMILES string of the molecule is CCCOc1ccc(-c2nc(C#N)c3ccccn23)cc1N. The zero-order valence-electron chi connectivity index (χ0n) is 12.3. The summed E-state index contributed by atoms with van der Waals surface area (Å²) in [5, 5.41) is 9.22. The Kier molecular flexibility index (Phi) is 3.67. The van der Waals surface area contributed by atoms with Gasteiger partial charge in [0.05, 0.1) is 17.8 Å². The maximum atomic E-state index is 9.22. The Morgan fingerprint density at radius 1 is 1.32 bits per heavy atom. The van der Waals surface area contributed by atoms with Crippen LogP contribution >= 0.6 is 0 Å². The van der Waals surface area contributed by atoms with Crippen LogP contribution < -0.4 is 10.5 Å². The van der Waals surface area contributed by atoms with Crippen molar-refractivity contribution >= 4 is 11.2 Å². The number of pyridine rings is 1. The van der Waals surface area contributed by atoms with Gasteiger partial charge in [0.1, 0.15) is 17.6 Å². The molecule has 5 nitrogen and oxygen atoms in total. The average Bonchev–Trinajstić information content (AvgIpc) is 2.92. The molecule has 0 amide bonds. The number of fused-ring (bicyclic) bond motifs is 1. The summed E-state index contributed by atoms with van der Waals surface area (Å²) < 4.78 is 7.47. The zero-order chi connectivity index (χ0) is 15.5. The molecule has 0 atom stereocenters. The number of anilines is 1. The highest BCUT2D eigenvalue weighted by Gasteiger charge is 2.13. The number of nitrogen functional groups attached to an aromatic ring is 1. The fraction of sp³-hybridized carbons (Fsp3) is 0.176. The molecule has 3 rings (SSSR count). The van der Waals surface area contributed by atoms with Crippen molar-refractivity contribution < 1.29 is 4.74 Å². The molecule has 2 aromatic heterocycles. The topological polar surface area (TPSA) is 76.3 Å².